The van der Waals surface area contributed by atoms with Crippen molar-refractivity contribution in [3.63, 3.8) is 0 Å². The lowest BCUT2D eigenvalue weighted by molar-refractivity contribution is -0.167. The van der Waals surface area contributed by atoms with Gasteiger partial charge in [0, 0.05) is 19.3 Å². The van der Waals surface area contributed by atoms with Crippen LogP contribution in [0.3, 0.4) is 0 Å². The Hall–Kier alpha value is -3.67. The number of hydrogen-bond donors (Lipinski definition) is 0. The van der Waals surface area contributed by atoms with E-state index in [4.69, 9.17) is 14.2 Å². The van der Waals surface area contributed by atoms with Crippen LogP contribution in [-0.2, 0) is 28.6 Å². The first-order valence-electron chi connectivity index (χ1n) is 23.3. The molecule has 328 valence electrons. The maximum atomic E-state index is 12.7. The SMILES string of the molecule is CC/C=C\C/C=C\C/C=C\C/C=C\CCCCCC(=O)OCC(COC(=O)CCCC/C=C\C/C=C\CC)OC(=O)CCCCCCCC/C=C\C=C/CCCCC. The number of unbranched alkanes of at least 4 members (excludes halogenated alkanes) is 14. The molecule has 1 unspecified atom stereocenters. The molecule has 0 bridgehead atoms. The standard InChI is InChI=1S/C52H84O6/c1-4-7-10-13-16-19-21-23-25-27-28-30-33-36-39-42-45-51(54)57-48-49(47-56-50(53)44-41-38-35-32-18-15-12-9-6-3)58-52(55)46-43-40-37-34-31-29-26-24-22-20-17-14-11-8-5-2/h7,9-10,12,16-20,22-25,28,30,32,49H,4-6,8,11,13-15,21,26-27,29,31,33-48H2,1-3H3/b10-7-,12-9-,19-16-,20-17-,24-22-,25-23-,30-28-,32-18-. The lowest BCUT2D eigenvalue weighted by Crippen LogP contribution is -2.30. The molecule has 0 N–H and O–H groups in total. The normalized spacial score (nSPS) is 12.9. The average Bonchev–Trinajstić information content (AvgIpc) is 3.22. The van der Waals surface area contributed by atoms with Gasteiger partial charge in [0.25, 0.3) is 0 Å². The minimum Gasteiger partial charge on any atom is -0.462 e. The monoisotopic (exact) mass is 805 g/mol. The number of rotatable bonds is 40. The van der Waals surface area contributed by atoms with E-state index in [1.165, 1.54) is 38.5 Å². The predicted octanol–water partition coefficient (Wildman–Crippen LogP) is 15.0. The van der Waals surface area contributed by atoms with Gasteiger partial charge in [0.2, 0.25) is 0 Å². The topological polar surface area (TPSA) is 78.9 Å². The number of carbonyl (C=O) groups is 3. The summed E-state index contributed by atoms with van der Waals surface area (Å²) in [5.41, 5.74) is 0. The Kier molecular flexibility index (Phi) is 43.1. The summed E-state index contributed by atoms with van der Waals surface area (Å²) in [5, 5.41) is 0. The molecule has 0 saturated carbocycles. The van der Waals surface area contributed by atoms with Crippen molar-refractivity contribution in [2.24, 2.45) is 0 Å². The van der Waals surface area contributed by atoms with Gasteiger partial charge >= 0.3 is 17.9 Å². The van der Waals surface area contributed by atoms with Crippen molar-refractivity contribution in [3.8, 4) is 0 Å². The van der Waals surface area contributed by atoms with Gasteiger partial charge in [-0.25, -0.2) is 0 Å². The quantitative estimate of drug-likeness (QED) is 0.0202. The van der Waals surface area contributed by atoms with Gasteiger partial charge < -0.3 is 14.2 Å². The third kappa shape index (κ3) is 43.5. The fraction of sp³-hybridized carbons (Fsp3) is 0.635. The first-order chi connectivity index (χ1) is 28.5. The maximum absolute atomic E-state index is 12.7. The minimum atomic E-state index is -0.808. The fourth-order valence-electron chi connectivity index (χ4n) is 5.87. The van der Waals surface area contributed by atoms with Crippen LogP contribution < -0.4 is 0 Å². The van der Waals surface area contributed by atoms with Crippen LogP contribution in [0, 0.1) is 0 Å². The molecule has 1 atom stereocenters. The highest BCUT2D eigenvalue weighted by Crippen LogP contribution is 2.12. The summed E-state index contributed by atoms with van der Waals surface area (Å²) in [7, 11) is 0. The Morgan fingerprint density at radius 2 is 0.724 bits per heavy atom. The summed E-state index contributed by atoms with van der Waals surface area (Å²) in [6.07, 6.45) is 59.7. The molecule has 58 heavy (non-hydrogen) atoms. The molecule has 0 fully saturated rings. The summed E-state index contributed by atoms with van der Waals surface area (Å²) in [4.78, 5) is 37.7. The second-order valence-corrected chi connectivity index (χ2v) is 14.9. The third-order valence-electron chi connectivity index (χ3n) is 9.33. The van der Waals surface area contributed by atoms with Crippen LogP contribution in [0.5, 0.6) is 0 Å². The van der Waals surface area contributed by atoms with Gasteiger partial charge in [-0.3, -0.25) is 14.4 Å². The molecule has 6 heteroatoms. The zero-order chi connectivity index (χ0) is 42.3. The number of allylic oxidation sites excluding steroid dienone is 16. The Morgan fingerprint density at radius 1 is 0.379 bits per heavy atom. The molecular weight excluding hydrogens is 721 g/mol. The molecule has 0 radical (unpaired) electrons. The lowest BCUT2D eigenvalue weighted by Gasteiger charge is -2.18. The van der Waals surface area contributed by atoms with E-state index < -0.39 is 6.10 Å². The molecule has 0 aromatic heterocycles. The van der Waals surface area contributed by atoms with Gasteiger partial charge in [0.15, 0.2) is 6.10 Å². The van der Waals surface area contributed by atoms with Crippen molar-refractivity contribution < 1.29 is 28.6 Å². The molecule has 0 spiro atoms. The van der Waals surface area contributed by atoms with Crippen LogP contribution in [0.4, 0.5) is 0 Å². The highest BCUT2D eigenvalue weighted by molar-refractivity contribution is 5.71. The molecular formula is C52H84O6. The second kappa shape index (κ2) is 46.0. The number of ether oxygens (including phenoxy) is 3. The van der Waals surface area contributed by atoms with E-state index in [0.29, 0.717) is 19.3 Å². The van der Waals surface area contributed by atoms with E-state index in [-0.39, 0.29) is 31.1 Å². The van der Waals surface area contributed by atoms with Crippen LogP contribution >= 0.6 is 0 Å². The second-order valence-electron chi connectivity index (χ2n) is 14.9. The van der Waals surface area contributed by atoms with E-state index in [1.807, 2.05) is 0 Å². The lowest BCUT2D eigenvalue weighted by atomic mass is 10.1. The Balaban J connectivity index is 4.47. The molecule has 0 aromatic rings. The highest BCUT2D eigenvalue weighted by Gasteiger charge is 2.19. The first kappa shape index (κ1) is 54.3. The van der Waals surface area contributed by atoms with E-state index in [0.717, 1.165) is 116 Å². The van der Waals surface area contributed by atoms with Crippen LogP contribution in [0.25, 0.3) is 0 Å². The number of hydrogen-bond acceptors (Lipinski definition) is 6. The Morgan fingerprint density at radius 3 is 1.21 bits per heavy atom. The summed E-state index contributed by atoms with van der Waals surface area (Å²) >= 11 is 0. The van der Waals surface area contributed by atoms with Crippen LogP contribution in [0.15, 0.2) is 97.2 Å². The molecule has 0 saturated heterocycles. The molecule has 0 heterocycles. The molecule has 6 nitrogen and oxygen atoms in total. The molecule has 0 aliphatic carbocycles. The molecule has 0 rings (SSSR count). The third-order valence-corrected chi connectivity index (χ3v) is 9.33. The van der Waals surface area contributed by atoms with E-state index >= 15 is 0 Å². The first-order valence-corrected chi connectivity index (χ1v) is 23.3. The van der Waals surface area contributed by atoms with Crippen molar-refractivity contribution in [3.05, 3.63) is 97.2 Å². The summed E-state index contributed by atoms with van der Waals surface area (Å²) in [5.74, 6) is -0.998. The van der Waals surface area contributed by atoms with Gasteiger partial charge in [-0.2, -0.15) is 0 Å². The van der Waals surface area contributed by atoms with Crippen LogP contribution in [0.2, 0.25) is 0 Å². The smallest absolute Gasteiger partial charge is 0.306 e. The molecule has 0 aliphatic rings. The van der Waals surface area contributed by atoms with Gasteiger partial charge in [-0.15, -0.1) is 0 Å². The Labute approximate surface area is 356 Å². The predicted molar refractivity (Wildman–Crippen MR) is 247 cm³/mol. The zero-order valence-electron chi connectivity index (χ0n) is 37.3. The van der Waals surface area contributed by atoms with Gasteiger partial charge in [0.1, 0.15) is 13.2 Å². The summed E-state index contributed by atoms with van der Waals surface area (Å²) < 4.78 is 16.6. The average molecular weight is 805 g/mol. The van der Waals surface area contributed by atoms with Crippen molar-refractivity contribution in [2.75, 3.05) is 13.2 Å². The minimum absolute atomic E-state index is 0.111. The molecule has 0 amide bonds. The van der Waals surface area contributed by atoms with Crippen molar-refractivity contribution >= 4 is 17.9 Å². The highest BCUT2D eigenvalue weighted by atomic mass is 16.6. The molecule has 0 aliphatic heterocycles. The van der Waals surface area contributed by atoms with Gasteiger partial charge in [-0.05, 0) is 109 Å². The zero-order valence-corrected chi connectivity index (χ0v) is 37.3. The van der Waals surface area contributed by atoms with Crippen LogP contribution in [-0.4, -0.2) is 37.2 Å². The molecule has 0 aromatic carbocycles. The number of carbonyl (C=O) groups excluding carboxylic acids is 3. The van der Waals surface area contributed by atoms with E-state index in [9.17, 15) is 14.4 Å². The number of esters is 3. The largest absolute Gasteiger partial charge is 0.462 e. The van der Waals surface area contributed by atoms with Crippen molar-refractivity contribution in [1.29, 1.82) is 0 Å². The summed E-state index contributed by atoms with van der Waals surface area (Å²) in [6.45, 7) is 6.27. The van der Waals surface area contributed by atoms with Crippen molar-refractivity contribution in [1.82, 2.24) is 0 Å². The van der Waals surface area contributed by atoms with E-state index in [1.54, 1.807) is 0 Å². The van der Waals surface area contributed by atoms with Gasteiger partial charge in [0.05, 0.1) is 0 Å². The fourth-order valence-corrected chi connectivity index (χ4v) is 5.87. The summed E-state index contributed by atoms with van der Waals surface area (Å²) in [6, 6.07) is 0. The van der Waals surface area contributed by atoms with Crippen LogP contribution in [0.1, 0.15) is 194 Å². The van der Waals surface area contributed by atoms with Gasteiger partial charge in [-0.1, -0.05) is 163 Å². The van der Waals surface area contributed by atoms with Crippen molar-refractivity contribution in [2.45, 2.75) is 200 Å². The maximum Gasteiger partial charge on any atom is 0.306 e. The Bertz CT molecular complexity index is 1200. The van der Waals surface area contributed by atoms with E-state index in [2.05, 4.69) is 118 Å².